The molecule has 7 heteroatoms. The lowest BCUT2D eigenvalue weighted by atomic mass is 9.86. The van der Waals surface area contributed by atoms with E-state index in [4.69, 9.17) is 4.99 Å². The molecule has 0 radical (unpaired) electrons. The van der Waals surface area contributed by atoms with Crippen LogP contribution in [0.25, 0.3) is 0 Å². The molecule has 1 saturated carbocycles. The summed E-state index contributed by atoms with van der Waals surface area (Å²) in [7, 11) is 0. The molecule has 0 aromatic heterocycles. The summed E-state index contributed by atoms with van der Waals surface area (Å²) in [6.45, 7) is 1.88. The summed E-state index contributed by atoms with van der Waals surface area (Å²) >= 11 is 0. The highest BCUT2D eigenvalue weighted by atomic mass is 16.2. The molecule has 39 heavy (non-hydrogen) atoms. The summed E-state index contributed by atoms with van der Waals surface area (Å²) in [5.74, 6) is -0.0466. The van der Waals surface area contributed by atoms with Crippen LogP contribution >= 0.6 is 0 Å². The van der Waals surface area contributed by atoms with Crippen LogP contribution in [0.1, 0.15) is 55.2 Å². The summed E-state index contributed by atoms with van der Waals surface area (Å²) in [6, 6.07) is 23.9. The van der Waals surface area contributed by atoms with E-state index in [1.54, 1.807) is 6.07 Å². The van der Waals surface area contributed by atoms with Crippen LogP contribution < -0.4 is 15.5 Å². The van der Waals surface area contributed by atoms with Gasteiger partial charge in [-0.15, -0.1) is 0 Å². The van der Waals surface area contributed by atoms with Crippen molar-refractivity contribution in [3.63, 3.8) is 0 Å². The molecule has 0 saturated heterocycles. The van der Waals surface area contributed by atoms with Crippen molar-refractivity contribution in [3.05, 3.63) is 95.6 Å². The van der Waals surface area contributed by atoms with Crippen molar-refractivity contribution in [3.8, 4) is 0 Å². The van der Waals surface area contributed by atoms with Crippen LogP contribution in [0, 0.1) is 12.8 Å². The zero-order valence-corrected chi connectivity index (χ0v) is 22.2. The molecule has 2 aliphatic rings. The van der Waals surface area contributed by atoms with Crippen molar-refractivity contribution in [2.45, 2.75) is 51.6 Å². The first-order valence-electron chi connectivity index (χ1n) is 13.7. The highest BCUT2D eigenvalue weighted by molar-refractivity contribution is 6.21. The number of para-hydroxylation sites is 1. The Morgan fingerprint density at radius 2 is 1.67 bits per heavy atom. The fraction of sp³-hybridized carbons (Fsp3) is 0.312. The van der Waals surface area contributed by atoms with E-state index in [1.165, 1.54) is 11.3 Å². The van der Waals surface area contributed by atoms with Crippen LogP contribution in [0.5, 0.6) is 0 Å². The first-order chi connectivity index (χ1) is 19.0. The topological polar surface area (TPSA) is 90.9 Å². The molecule has 5 rings (SSSR count). The van der Waals surface area contributed by atoms with Crippen molar-refractivity contribution in [1.82, 2.24) is 5.32 Å². The lowest BCUT2D eigenvalue weighted by Gasteiger charge is -2.26. The van der Waals surface area contributed by atoms with Crippen molar-refractivity contribution < 1.29 is 14.4 Å². The van der Waals surface area contributed by atoms with E-state index in [9.17, 15) is 14.4 Å². The molecular weight excluding hydrogens is 488 g/mol. The number of nitrogens with one attached hydrogen (secondary N) is 2. The quantitative estimate of drug-likeness (QED) is 0.407. The van der Waals surface area contributed by atoms with Gasteiger partial charge in [-0.05, 0) is 36.6 Å². The monoisotopic (exact) mass is 522 g/mol. The molecule has 200 valence electrons. The van der Waals surface area contributed by atoms with Crippen LogP contribution in [-0.4, -0.2) is 36.1 Å². The van der Waals surface area contributed by atoms with E-state index in [2.05, 4.69) is 10.6 Å². The maximum absolute atomic E-state index is 14.0. The van der Waals surface area contributed by atoms with E-state index in [1.807, 2.05) is 79.7 Å². The summed E-state index contributed by atoms with van der Waals surface area (Å²) in [5.41, 5.74) is 4.38. The predicted octanol–water partition coefficient (Wildman–Crippen LogP) is 5.87. The molecule has 0 bridgehead atoms. The van der Waals surface area contributed by atoms with Gasteiger partial charge in [-0.2, -0.15) is 0 Å². The summed E-state index contributed by atoms with van der Waals surface area (Å²) in [6.07, 6.45) is 4.89. The Labute approximate surface area is 229 Å². The van der Waals surface area contributed by atoms with Gasteiger partial charge >= 0.3 is 6.03 Å². The lowest BCUT2D eigenvalue weighted by Crippen LogP contribution is -2.50. The number of Topliss-reactive ketones (excluding diaryl/α,β-unsaturated/α-hetero) is 1. The van der Waals surface area contributed by atoms with E-state index in [0.717, 1.165) is 42.4 Å². The normalized spacial score (nSPS) is 17.6. The number of carbonyl (C=O) groups excluding carboxylic acids is 3. The summed E-state index contributed by atoms with van der Waals surface area (Å²) in [4.78, 5) is 46.6. The number of ketones is 1. The minimum absolute atomic E-state index is 0.0242. The fourth-order valence-electron chi connectivity index (χ4n) is 5.48. The smallest absolute Gasteiger partial charge is 0.308 e. The van der Waals surface area contributed by atoms with E-state index in [-0.39, 0.29) is 12.3 Å². The van der Waals surface area contributed by atoms with E-state index < -0.39 is 18.1 Å². The number of fused-ring (bicyclic) bond motifs is 1. The Bertz CT molecular complexity index is 1380. The molecule has 3 aromatic carbocycles. The van der Waals surface area contributed by atoms with Crippen LogP contribution in [0.15, 0.2) is 83.9 Å². The molecule has 1 fully saturated rings. The maximum atomic E-state index is 14.0. The molecule has 3 amide bonds. The van der Waals surface area contributed by atoms with Crippen LogP contribution in [0.3, 0.4) is 0 Å². The first kappa shape index (κ1) is 26.4. The van der Waals surface area contributed by atoms with Gasteiger partial charge in [0.05, 0.1) is 17.9 Å². The van der Waals surface area contributed by atoms with Crippen molar-refractivity contribution in [2.75, 3.05) is 16.8 Å². The van der Waals surface area contributed by atoms with Gasteiger partial charge in [-0.3, -0.25) is 9.59 Å². The van der Waals surface area contributed by atoms with Gasteiger partial charge in [0.15, 0.2) is 5.78 Å². The third-order valence-electron chi connectivity index (χ3n) is 7.37. The molecule has 0 spiro atoms. The Hall–Kier alpha value is -4.26. The van der Waals surface area contributed by atoms with Crippen LogP contribution in [-0.2, 0) is 9.59 Å². The van der Waals surface area contributed by atoms with Crippen molar-refractivity contribution in [1.29, 1.82) is 0 Å². The number of rotatable bonds is 7. The van der Waals surface area contributed by atoms with Crippen LogP contribution in [0.4, 0.5) is 16.2 Å². The minimum atomic E-state index is -1.21. The molecular formula is C32H34N4O3. The Morgan fingerprint density at radius 1 is 0.923 bits per heavy atom. The summed E-state index contributed by atoms with van der Waals surface area (Å²) in [5, 5.41) is 5.56. The second kappa shape index (κ2) is 12.1. The van der Waals surface area contributed by atoms with Crippen molar-refractivity contribution in [2.24, 2.45) is 10.9 Å². The number of amides is 3. The number of hydrogen-bond donors (Lipinski definition) is 2. The maximum Gasteiger partial charge on any atom is 0.321 e. The third-order valence-corrected chi connectivity index (χ3v) is 7.37. The second-order valence-electron chi connectivity index (χ2n) is 10.4. The Morgan fingerprint density at radius 3 is 2.44 bits per heavy atom. The lowest BCUT2D eigenvalue weighted by molar-refractivity contribution is -0.124. The zero-order valence-electron chi connectivity index (χ0n) is 22.2. The van der Waals surface area contributed by atoms with Gasteiger partial charge in [-0.1, -0.05) is 92.8 Å². The number of urea groups is 1. The number of hydrogen-bond acceptors (Lipinski definition) is 4. The number of benzodiazepines with no additional fused rings is 1. The number of aryl methyl sites for hydroxylation is 1. The predicted molar refractivity (Wildman–Crippen MR) is 154 cm³/mol. The van der Waals surface area contributed by atoms with Crippen molar-refractivity contribution >= 4 is 34.8 Å². The number of anilines is 2. The highest BCUT2D eigenvalue weighted by Gasteiger charge is 2.34. The van der Waals surface area contributed by atoms with Crippen LogP contribution in [0.2, 0.25) is 0 Å². The van der Waals surface area contributed by atoms with Gasteiger partial charge < -0.3 is 15.5 Å². The minimum Gasteiger partial charge on any atom is -0.308 e. The van der Waals surface area contributed by atoms with Gasteiger partial charge in [0.2, 0.25) is 6.17 Å². The average Bonchev–Trinajstić information content (AvgIpc) is 3.05. The molecule has 1 aliphatic heterocycles. The Kier molecular flexibility index (Phi) is 8.16. The fourth-order valence-corrected chi connectivity index (χ4v) is 5.48. The molecule has 1 atom stereocenters. The number of carbonyl (C=O) groups is 3. The molecule has 3 aromatic rings. The van der Waals surface area contributed by atoms with Gasteiger partial charge in [0.25, 0.3) is 5.91 Å². The standard InChI is InChI=1S/C32H34N4O3/c1-22-11-10-16-25(19-22)33-32(39)35-30-31(38)36(21-26(37)20-23-12-4-2-5-13-23)28-18-9-8-17-27(28)29(34-30)24-14-6-3-7-15-24/h3,6-11,14-19,23,30H,2,4-5,12-13,20-21H2,1H3,(H2,33,35,39)/t30-/m0/s1. The highest BCUT2D eigenvalue weighted by Crippen LogP contribution is 2.30. The van der Waals surface area contributed by atoms with Gasteiger partial charge in [0, 0.05) is 23.2 Å². The largest absolute Gasteiger partial charge is 0.321 e. The molecule has 1 aliphatic carbocycles. The first-order valence-corrected chi connectivity index (χ1v) is 13.7. The molecule has 2 N–H and O–H groups in total. The molecule has 0 unspecified atom stereocenters. The number of aliphatic imine (C=N–C) groups is 1. The average molecular weight is 523 g/mol. The van der Waals surface area contributed by atoms with E-state index >= 15 is 0 Å². The molecule has 1 heterocycles. The summed E-state index contributed by atoms with van der Waals surface area (Å²) < 4.78 is 0. The SMILES string of the molecule is Cc1cccc(NC(=O)N[C@@H]2N=C(c3ccccc3)c3ccccc3N(CC(=O)CC3CCCCC3)C2=O)c1. The number of benzene rings is 3. The molecule has 7 nitrogen and oxygen atoms in total. The third kappa shape index (κ3) is 6.42. The zero-order chi connectivity index (χ0) is 27.2. The van der Waals surface area contributed by atoms with E-state index in [0.29, 0.717) is 29.4 Å². The van der Waals surface area contributed by atoms with Gasteiger partial charge in [-0.25, -0.2) is 9.79 Å². The number of nitrogens with zero attached hydrogens (tertiary/aromatic N) is 2. The van der Waals surface area contributed by atoms with Gasteiger partial charge in [0.1, 0.15) is 0 Å². The second-order valence-corrected chi connectivity index (χ2v) is 10.4. The Balaban J connectivity index is 1.47.